The van der Waals surface area contributed by atoms with E-state index in [1.807, 2.05) is 25.1 Å². The number of hydrogen-bond acceptors (Lipinski definition) is 3. The van der Waals surface area contributed by atoms with Crippen molar-refractivity contribution in [3.8, 4) is 0 Å². The number of amides is 1. The lowest BCUT2D eigenvalue weighted by Crippen LogP contribution is -2.14. The molecule has 0 unspecified atom stereocenters. The van der Waals surface area contributed by atoms with E-state index in [1.54, 1.807) is 24.3 Å². The quantitative estimate of drug-likeness (QED) is 0.838. The van der Waals surface area contributed by atoms with Gasteiger partial charge in [-0.05, 0) is 36.8 Å². The Hall–Kier alpha value is -2.49. The van der Waals surface area contributed by atoms with Gasteiger partial charge in [-0.25, -0.2) is 4.98 Å². The van der Waals surface area contributed by atoms with Crippen molar-refractivity contribution >= 4 is 17.9 Å². The predicted octanol–water partition coefficient (Wildman–Crippen LogP) is 2.45. The van der Waals surface area contributed by atoms with Crippen LogP contribution in [0.2, 0.25) is 0 Å². The number of aldehydes is 1. The van der Waals surface area contributed by atoms with Crippen LogP contribution in [-0.2, 0) is 0 Å². The first-order chi connectivity index (χ1) is 8.69. The molecule has 0 aliphatic carbocycles. The Labute approximate surface area is 105 Å². The van der Waals surface area contributed by atoms with Crippen molar-refractivity contribution in [1.29, 1.82) is 0 Å². The van der Waals surface area contributed by atoms with Gasteiger partial charge in [0, 0.05) is 5.69 Å². The summed E-state index contributed by atoms with van der Waals surface area (Å²) in [6.07, 6.45) is 0.615. The van der Waals surface area contributed by atoms with Gasteiger partial charge in [-0.15, -0.1) is 0 Å². The average Bonchev–Trinajstić information content (AvgIpc) is 2.39. The molecule has 2 aromatic rings. The number of carbonyl (C=O) groups excluding carboxylic acids is 2. The van der Waals surface area contributed by atoms with Gasteiger partial charge in [0.2, 0.25) is 0 Å². The smallest absolute Gasteiger partial charge is 0.274 e. The number of pyridine rings is 1. The maximum atomic E-state index is 11.9. The molecule has 2 rings (SSSR count). The molecule has 1 heterocycles. The summed E-state index contributed by atoms with van der Waals surface area (Å²) in [4.78, 5) is 26.4. The van der Waals surface area contributed by atoms with E-state index in [4.69, 9.17) is 0 Å². The summed E-state index contributed by atoms with van der Waals surface area (Å²) < 4.78 is 0. The van der Waals surface area contributed by atoms with Gasteiger partial charge in [-0.3, -0.25) is 9.59 Å². The number of aryl methyl sites for hydroxylation is 1. The fourth-order valence-corrected chi connectivity index (χ4v) is 1.56. The molecule has 4 nitrogen and oxygen atoms in total. The fourth-order valence-electron chi connectivity index (χ4n) is 1.56. The van der Waals surface area contributed by atoms with Crippen LogP contribution in [0.15, 0.2) is 42.5 Å². The maximum Gasteiger partial charge on any atom is 0.274 e. The third-order valence-electron chi connectivity index (χ3n) is 2.40. The second kappa shape index (κ2) is 5.23. The molecule has 1 amide bonds. The topological polar surface area (TPSA) is 59.1 Å². The number of nitrogens with one attached hydrogen (secondary N) is 1. The lowest BCUT2D eigenvalue weighted by atomic mass is 10.2. The van der Waals surface area contributed by atoms with Crippen LogP contribution in [0.5, 0.6) is 0 Å². The second-order valence-electron chi connectivity index (χ2n) is 3.89. The van der Waals surface area contributed by atoms with Crippen LogP contribution < -0.4 is 5.32 Å². The van der Waals surface area contributed by atoms with Crippen LogP contribution in [0.4, 0.5) is 5.69 Å². The van der Waals surface area contributed by atoms with Crippen molar-refractivity contribution in [3.05, 3.63) is 59.4 Å². The Kier molecular flexibility index (Phi) is 3.48. The third-order valence-corrected chi connectivity index (χ3v) is 2.40. The molecule has 1 aromatic carbocycles. The van der Waals surface area contributed by atoms with Crippen molar-refractivity contribution in [2.75, 3.05) is 5.32 Å². The Bertz CT molecular complexity index is 594. The van der Waals surface area contributed by atoms with Crippen LogP contribution in [0.25, 0.3) is 0 Å². The van der Waals surface area contributed by atoms with Gasteiger partial charge in [0.25, 0.3) is 5.91 Å². The van der Waals surface area contributed by atoms with Gasteiger partial charge < -0.3 is 5.32 Å². The monoisotopic (exact) mass is 240 g/mol. The number of hydrogen-bond donors (Lipinski definition) is 1. The molecule has 0 aliphatic rings. The van der Waals surface area contributed by atoms with Crippen LogP contribution >= 0.6 is 0 Å². The Morgan fingerprint density at radius 2 is 2.00 bits per heavy atom. The molecule has 0 radical (unpaired) electrons. The Balaban J connectivity index is 2.19. The lowest BCUT2D eigenvalue weighted by molar-refractivity contribution is 0.102. The molecule has 0 aliphatic heterocycles. The highest BCUT2D eigenvalue weighted by Gasteiger charge is 2.08. The third kappa shape index (κ3) is 2.79. The van der Waals surface area contributed by atoms with E-state index in [2.05, 4.69) is 10.3 Å². The van der Waals surface area contributed by atoms with E-state index < -0.39 is 0 Å². The van der Waals surface area contributed by atoms with Crippen molar-refractivity contribution < 1.29 is 9.59 Å². The number of benzene rings is 1. The zero-order valence-corrected chi connectivity index (χ0v) is 9.88. The molecule has 4 heteroatoms. The zero-order valence-electron chi connectivity index (χ0n) is 9.88. The molecular weight excluding hydrogens is 228 g/mol. The number of aromatic nitrogens is 1. The van der Waals surface area contributed by atoms with Crippen LogP contribution in [0, 0.1) is 6.92 Å². The Morgan fingerprint density at radius 3 is 2.72 bits per heavy atom. The molecule has 1 aromatic heterocycles. The minimum Gasteiger partial charge on any atom is -0.321 e. The SMILES string of the molecule is Cc1cccc(NC(=O)c2cccc(C=O)n2)c1. The standard InChI is InChI=1S/C14H12N2O2/c1-10-4-2-5-11(8-10)16-14(18)13-7-3-6-12(9-17)15-13/h2-9H,1H3,(H,16,18). The molecule has 1 N–H and O–H groups in total. The first kappa shape index (κ1) is 12.0. The molecule has 0 saturated carbocycles. The van der Waals surface area contributed by atoms with Crippen molar-refractivity contribution in [2.24, 2.45) is 0 Å². The summed E-state index contributed by atoms with van der Waals surface area (Å²) in [5, 5.41) is 2.73. The lowest BCUT2D eigenvalue weighted by Gasteiger charge is -2.05. The van der Waals surface area contributed by atoms with Gasteiger partial charge in [0.1, 0.15) is 11.4 Å². The van der Waals surface area contributed by atoms with Gasteiger partial charge in [-0.1, -0.05) is 18.2 Å². The first-order valence-electron chi connectivity index (χ1n) is 5.49. The molecule has 18 heavy (non-hydrogen) atoms. The van der Waals surface area contributed by atoms with Crippen LogP contribution in [-0.4, -0.2) is 17.2 Å². The summed E-state index contributed by atoms with van der Waals surface area (Å²) in [5.41, 5.74) is 2.23. The van der Waals surface area contributed by atoms with Gasteiger partial charge in [0.05, 0.1) is 0 Å². The summed E-state index contributed by atoms with van der Waals surface area (Å²) in [5.74, 6) is -0.329. The Morgan fingerprint density at radius 1 is 1.22 bits per heavy atom. The number of anilines is 1. The fraction of sp³-hybridized carbons (Fsp3) is 0.0714. The minimum atomic E-state index is -0.329. The van der Waals surface area contributed by atoms with Gasteiger partial charge in [0.15, 0.2) is 6.29 Å². The van der Waals surface area contributed by atoms with E-state index >= 15 is 0 Å². The molecule has 0 bridgehead atoms. The van der Waals surface area contributed by atoms with E-state index in [-0.39, 0.29) is 17.3 Å². The number of carbonyl (C=O) groups is 2. The molecule has 0 saturated heterocycles. The zero-order chi connectivity index (χ0) is 13.0. The molecule has 0 fully saturated rings. The van der Waals surface area contributed by atoms with E-state index in [9.17, 15) is 9.59 Å². The van der Waals surface area contributed by atoms with Crippen LogP contribution in [0.1, 0.15) is 26.5 Å². The summed E-state index contributed by atoms with van der Waals surface area (Å²) in [7, 11) is 0. The normalized spacial score (nSPS) is 9.83. The van der Waals surface area contributed by atoms with Crippen LogP contribution in [0.3, 0.4) is 0 Å². The molecule has 0 atom stereocenters. The highest BCUT2D eigenvalue weighted by Crippen LogP contribution is 2.10. The average molecular weight is 240 g/mol. The number of rotatable bonds is 3. The first-order valence-corrected chi connectivity index (χ1v) is 5.49. The predicted molar refractivity (Wildman–Crippen MR) is 68.8 cm³/mol. The number of nitrogens with zero attached hydrogens (tertiary/aromatic N) is 1. The van der Waals surface area contributed by atoms with Gasteiger partial charge in [-0.2, -0.15) is 0 Å². The van der Waals surface area contributed by atoms with E-state index in [0.29, 0.717) is 12.0 Å². The second-order valence-corrected chi connectivity index (χ2v) is 3.89. The highest BCUT2D eigenvalue weighted by molar-refractivity contribution is 6.03. The molecular formula is C14H12N2O2. The van der Waals surface area contributed by atoms with Crippen molar-refractivity contribution in [2.45, 2.75) is 6.92 Å². The van der Waals surface area contributed by atoms with Crippen molar-refractivity contribution in [3.63, 3.8) is 0 Å². The van der Waals surface area contributed by atoms with Gasteiger partial charge >= 0.3 is 0 Å². The largest absolute Gasteiger partial charge is 0.321 e. The minimum absolute atomic E-state index is 0.223. The summed E-state index contributed by atoms with van der Waals surface area (Å²) in [6, 6.07) is 12.2. The summed E-state index contributed by atoms with van der Waals surface area (Å²) >= 11 is 0. The van der Waals surface area contributed by atoms with E-state index in [1.165, 1.54) is 0 Å². The van der Waals surface area contributed by atoms with Crippen molar-refractivity contribution in [1.82, 2.24) is 4.98 Å². The highest BCUT2D eigenvalue weighted by atomic mass is 16.2. The molecule has 90 valence electrons. The summed E-state index contributed by atoms with van der Waals surface area (Å²) in [6.45, 7) is 1.95. The molecule has 0 spiro atoms. The maximum absolute atomic E-state index is 11.9. The van der Waals surface area contributed by atoms with E-state index in [0.717, 1.165) is 5.56 Å².